The molecular weight excluding hydrogens is 342 g/mol. The quantitative estimate of drug-likeness (QED) is 0.580. The van der Waals surface area contributed by atoms with Crippen LogP contribution in [0.1, 0.15) is 16.1 Å². The molecule has 0 saturated carbocycles. The van der Waals surface area contributed by atoms with Crippen LogP contribution < -0.4 is 15.8 Å². The number of carbonyl (C=O) groups excluding carboxylic acids is 1. The summed E-state index contributed by atoms with van der Waals surface area (Å²) in [6.45, 7) is 1.85. The molecule has 0 spiro atoms. The smallest absolute Gasteiger partial charge is 0.274 e. The lowest BCUT2D eigenvalue weighted by Gasteiger charge is -2.10. The summed E-state index contributed by atoms with van der Waals surface area (Å²) in [4.78, 5) is 20.7. The maximum absolute atomic E-state index is 12.4. The number of anilines is 2. The lowest BCUT2D eigenvalue weighted by Crippen LogP contribution is -2.15. The van der Waals surface area contributed by atoms with Crippen LogP contribution in [0.3, 0.4) is 0 Å². The van der Waals surface area contributed by atoms with Gasteiger partial charge in [-0.15, -0.1) is 0 Å². The lowest BCUT2D eigenvalue weighted by molar-refractivity contribution is 0.102. The van der Waals surface area contributed by atoms with Crippen LogP contribution in [0.2, 0.25) is 0 Å². The van der Waals surface area contributed by atoms with Crippen molar-refractivity contribution in [2.45, 2.75) is 6.92 Å². The van der Waals surface area contributed by atoms with Gasteiger partial charge in [0.25, 0.3) is 5.91 Å². The van der Waals surface area contributed by atoms with Gasteiger partial charge in [-0.05, 0) is 42.8 Å². The minimum atomic E-state index is -0.263. The number of amides is 1. The molecule has 4 aromatic rings. The number of carbonyl (C=O) groups is 1. The van der Waals surface area contributed by atoms with E-state index in [0.29, 0.717) is 28.7 Å². The number of benzene rings is 1. The molecule has 27 heavy (non-hydrogen) atoms. The third kappa shape index (κ3) is 3.57. The second kappa shape index (κ2) is 6.80. The zero-order valence-electron chi connectivity index (χ0n) is 14.6. The van der Waals surface area contributed by atoms with Gasteiger partial charge in [-0.2, -0.15) is 0 Å². The van der Waals surface area contributed by atoms with Crippen molar-refractivity contribution in [3.8, 4) is 11.5 Å². The van der Waals surface area contributed by atoms with Crippen molar-refractivity contribution >= 4 is 23.1 Å². The highest BCUT2D eigenvalue weighted by molar-refractivity contribution is 6.03. The number of rotatable bonds is 4. The van der Waals surface area contributed by atoms with E-state index < -0.39 is 0 Å². The molecule has 0 atom stereocenters. The van der Waals surface area contributed by atoms with E-state index in [1.54, 1.807) is 41.2 Å². The van der Waals surface area contributed by atoms with Crippen molar-refractivity contribution in [2.24, 2.45) is 0 Å². The summed E-state index contributed by atoms with van der Waals surface area (Å²) >= 11 is 0. The Kier molecular flexibility index (Phi) is 4.18. The predicted molar refractivity (Wildman–Crippen MR) is 103 cm³/mol. The highest BCUT2D eigenvalue weighted by Gasteiger charge is 2.11. The Balaban J connectivity index is 1.53. The van der Waals surface area contributed by atoms with Crippen LogP contribution in [0.15, 0.2) is 67.1 Å². The molecule has 0 saturated heterocycles. The largest absolute Gasteiger partial charge is 0.456 e. The monoisotopic (exact) mass is 359 g/mol. The zero-order valence-corrected chi connectivity index (χ0v) is 14.6. The first kappa shape index (κ1) is 16.6. The van der Waals surface area contributed by atoms with Gasteiger partial charge in [-0.3, -0.25) is 9.78 Å². The maximum atomic E-state index is 12.4. The van der Waals surface area contributed by atoms with Crippen LogP contribution in [-0.2, 0) is 0 Å². The van der Waals surface area contributed by atoms with Gasteiger partial charge in [-0.1, -0.05) is 12.1 Å². The molecule has 4 rings (SSSR count). The van der Waals surface area contributed by atoms with Gasteiger partial charge in [0.05, 0.1) is 12.4 Å². The topological polar surface area (TPSA) is 94.5 Å². The highest BCUT2D eigenvalue weighted by Crippen LogP contribution is 2.25. The molecule has 3 heterocycles. The SMILES string of the molecule is Cc1cccnc1C(=O)Nc1cccc(Oc2ccc3nc(N)cn3c2)c1. The Morgan fingerprint density at radius 3 is 2.85 bits per heavy atom. The van der Waals surface area contributed by atoms with E-state index in [0.717, 1.165) is 11.2 Å². The number of nitrogens with two attached hydrogens (primary N) is 1. The Labute approximate surface area is 155 Å². The number of imidazole rings is 1. The molecule has 0 unspecified atom stereocenters. The summed E-state index contributed by atoms with van der Waals surface area (Å²) in [5, 5.41) is 2.85. The van der Waals surface area contributed by atoms with Crippen LogP contribution in [0, 0.1) is 6.92 Å². The highest BCUT2D eigenvalue weighted by atomic mass is 16.5. The third-order valence-corrected chi connectivity index (χ3v) is 3.99. The standard InChI is InChI=1S/C20H17N5O2/c1-13-4-3-9-22-19(13)20(26)23-14-5-2-6-15(10-14)27-16-7-8-18-24-17(21)12-25(18)11-16/h2-12H,21H2,1H3,(H,23,26). The number of nitrogens with one attached hydrogen (secondary N) is 1. The van der Waals surface area contributed by atoms with E-state index in [2.05, 4.69) is 15.3 Å². The normalized spacial score (nSPS) is 10.7. The summed E-state index contributed by atoms with van der Waals surface area (Å²) in [5.74, 6) is 1.41. The first-order chi connectivity index (χ1) is 13.1. The van der Waals surface area contributed by atoms with Crippen molar-refractivity contribution in [3.63, 3.8) is 0 Å². The average molecular weight is 359 g/mol. The fourth-order valence-electron chi connectivity index (χ4n) is 2.74. The number of pyridine rings is 2. The Hall–Kier alpha value is -3.87. The third-order valence-electron chi connectivity index (χ3n) is 3.99. The van der Waals surface area contributed by atoms with Gasteiger partial charge in [0, 0.05) is 18.0 Å². The summed E-state index contributed by atoms with van der Waals surface area (Å²) in [5.41, 5.74) is 8.27. The van der Waals surface area contributed by atoms with E-state index in [4.69, 9.17) is 10.5 Å². The fraction of sp³-hybridized carbons (Fsp3) is 0.0500. The molecule has 3 N–H and O–H groups in total. The Morgan fingerprint density at radius 1 is 1.11 bits per heavy atom. The summed E-state index contributed by atoms with van der Waals surface area (Å²) in [7, 11) is 0. The molecule has 134 valence electrons. The lowest BCUT2D eigenvalue weighted by atomic mass is 10.2. The van der Waals surface area contributed by atoms with Gasteiger partial charge in [-0.25, -0.2) is 4.98 Å². The van der Waals surface area contributed by atoms with Crippen LogP contribution in [0.4, 0.5) is 11.5 Å². The summed E-state index contributed by atoms with van der Waals surface area (Å²) in [6.07, 6.45) is 5.11. The fourth-order valence-corrected chi connectivity index (χ4v) is 2.74. The number of fused-ring (bicyclic) bond motifs is 1. The van der Waals surface area contributed by atoms with E-state index in [-0.39, 0.29) is 5.91 Å². The summed E-state index contributed by atoms with van der Waals surface area (Å²) < 4.78 is 7.68. The molecule has 1 amide bonds. The zero-order chi connectivity index (χ0) is 18.8. The van der Waals surface area contributed by atoms with Crippen molar-refractivity contribution in [2.75, 3.05) is 11.1 Å². The van der Waals surface area contributed by atoms with Crippen molar-refractivity contribution in [1.29, 1.82) is 0 Å². The minimum absolute atomic E-state index is 0.263. The molecule has 0 aliphatic rings. The second-order valence-electron chi connectivity index (χ2n) is 6.05. The number of hydrogen-bond donors (Lipinski definition) is 2. The van der Waals surface area contributed by atoms with Crippen molar-refractivity contribution in [1.82, 2.24) is 14.4 Å². The van der Waals surface area contributed by atoms with E-state index in [1.807, 2.05) is 37.3 Å². The van der Waals surface area contributed by atoms with Crippen LogP contribution >= 0.6 is 0 Å². The van der Waals surface area contributed by atoms with Gasteiger partial charge >= 0.3 is 0 Å². The molecule has 0 radical (unpaired) electrons. The van der Waals surface area contributed by atoms with Crippen molar-refractivity contribution in [3.05, 3.63) is 78.4 Å². The van der Waals surface area contributed by atoms with Crippen LogP contribution in [-0.4, -0.2) is 20.3 Å². The second-order valence-corrected chi connectivity index (χ2v) is 6.05. The first-order valence-electron chi connectivity index (χ1n) is 8.33. The minimum Gasteiger partial charge on any atom is -0.456 e. The molecule has 3 aromatic heterocycles. The number of ether oxygens (including phenoxy) is 1. The predicted octanol–water partition coefficient (Wildman–Crippen LogP) is 3.66. The number of aryl methyl sites for hydroxylation is 1. The molecule has 1 aromatic carbocycles. The molecule has 7 nitrogen and oxygen atoms in total. The van der Waals surface area contributed by atoms with Gasteiger partial charge in [0.15, 0.2) is 0 Å². The van der Waals surface area contributed by atoms with Crippen molar-refractivity contribution < 1.29 is 9.53 Å². The van der Waals surface area contributed by atoms with E-state index in [9.17, 15) is 4.79 Å². The Morgan fingerprint density at radius 2 is 2.00 bits per heavy atom. The molecule has 0 fully saturated rings. The number of nitrogens with zero attached hydrogens (tertiary/aromatic N) is 3. The number of aromatic nitrogens is 3. The summed E-state index contributed by atoms with van der Waals surface area (Å²) in [6, 6.07) is 14.4. The molecule has 0 aliphatic carbocycles. The maximum Gasteiger partial charge on any atom is 0.274 e. The number of hydrogen-bond acceptors (Lipinski definition) is 5. The first-order valence-corrected chi connectivity index (χ1v) is 8.33. The molecule has 7 heteroatoms. The molecule has 0 aliphatic heterocycles. The average Bonchev–Trinajstić information content (AvgIpc) is 3.01. The van der Waals surface area contributed by atoms with Gasteiger partial charge in [0.1, 0.15) is 28.7 Å². The van der Waals surface area contributed by atoms with E-state index >= 15 is 0 Å². The number of nitrogen functional groups attached to an aromatic ring is 1. The Bertz CT molecular complexity index is 1140. The van der Waals surface area contributed by atoms with Gasteiger partial charge in [0.2, 0.25) is 0 Å². The molecular formula is C20H17N5O2. The molecule has 0 bridgehead atoms. The van der Waals surface area contributed by atoms with Crippen LogP contribution in [0.25, 0.3) is 5.65 Å². The van der Waals surface area contributed by atoms with Crippen LogP contribution in [0.5, 0.6) is 11.5 Å². The van der Waals surface area contributed by atoms with E-state index in [1.165, 1.54) is 0 Å². The van der Waals surface area contributed by atoms with Gasteiger partial charge < -0.3 is 20.2 Å².